The van der Waals surface area contributed by atoms with Crippen LogP contribution in [0.2, 0.25) is 5.02 Å². The van der Waals surface area contributed by atoms with Crippen LogP contribution >= 0.6 is 35.6 Å². The Morgan fingerprint density at radius 3 is 2.62 bits per heavy atom. The average Bonchev–Trinajstić information content (AvgIpc) is 3.49. The predicted molar refractivity (Wildman–Crippen MR) is 151 cm³/mol. The Bertz CT molecular complexity index is 1380. The van der Waals surface area contributed by atoms with Crippen molar-refractivity contribution in [2.24, 2.45) is 0 Å². The van der Waals surface area contributed by atoms with Crippen LogP contribution in [0.1, 0.15) is 35.5 Å². The zero-order valence-electron chi connectivity index (χ0n) is 20.1. The van der Waals surface area contributed by atoms with Crippen molar-refractivity contribution in [1.82, 2.24) is 15.2 Å². The van der Waals surface area contributed by atoms with E-state index < -0.39 is 0 Å². The molecular formula is C28H25ClN4O2S2. The Balaban J connectivity index is 1.35. The summed E-state index contributed by atoms with van der Waals surface area (Å²) in [5.74, 6) is 0.670. The third-order valence-corrected chi connectivity index (χ3v) is 7.57. The van der Waals surface area contributed by atoms with Gasteiger partial charge in [-0.15, -0.1) is 0 Å². The van der Waals surface area contributed by atoms with Crippen molar-refractivity contribution in [2.75, 3.05) is 11.9 Å². The SMILES string of the molecule is Cc1ccc(NC(=O)CCN2C(=S)N[C@@H](c3ccccn3)[C@@H]2c2ccc(Sc3ccc(Cl)cc3)o2)cc1. The number of furan rings is 1. The van der Waals surface area contributed by atoms with Crippen LogP contribution in [0.4, 0.5) is 5.69 Å². The molecule has 0 aliphatic carbocycles. The first-order chi connectivity index (χ1) is 18.0. The molecule has 2 aromatic heterocycles. The third kappa shape index (κ3) is 6.15. The summed E-state index contributed by atoms with van der Waals surface area (Å²) in [6, 6.07) is 24.6. The molecule has 1 fully saturated rings. The van der Waals surface area contributed by atoms with E-state index in [0.717, 1.165) is 32.7 Å². The predicted octanol–water partition coefficient (Wildman–Crippen LogP) is 6.79. The summed E-state index contributed by atoms with van der Waals surface area (Å²) < 4.78 is 6.31. The number of benzene rings is 2. The fourth-order valence-corrected chi connectivity index (χ4v) is 5.44. The van der Waals surface area contributed by atoms with Crippen LogP contribution in [-0.4, -0.2) is 27.4 Å². The molecule has 2 N–H and O–H groups in total. The molecule has 4 aromatic rings. The Hall–Kier alpha value is -3.33. The number of carbonyl (C=O) groups excluding carboxylic acids is 1. The van der Waals surface area contributed by atoms with Gasteiger partial charge in [0, 0.05) is 34.8 Å². The van der Waals surface area contributed by atoms with Crippen LogP contribution < -0.4 is 10.6 Å². The highest BCUT2D eigenvalue weighted by Gasteiger charge is 2.41. The highest BCUT2D eigenvalue weighted by molar-refractivity contribution is 7.99. The molecule has 37 heavy (non-hydrogen) atoms. The maximum atomic E-state index is 12.7. The second-order valence-electron chi connectivity index (χ2n) is 8.70. The van der Waals surface area contributed by atoms with E-state index in [9.17, 15) is 4.79 Å². The number of rotatable bonds is 8. The molecule has 2 aromatic carbocycles. The van der Waals surface area contributed by atoms with Crippen molar-refractivity contribution >= 4 is 52.3 Å². The molecule has 3 heterocycles. The molecule has 6 nitrogen and oxygen atoms in total. The first kappa shape index (κ1) is 25.3. The number of nitrogens with zero attached hydrogens (tertiary/aromatic N) is 2. The largest absolute Gasteiger partial charge is 0.452 e. The minimum atomic E-state index is -0.255. The summed E-state index contributed by atoms with van der Waals surface area (Å²) >= 11 is 13.2. The first-order valence-corrected chi connectivity index (χ1v) is 13.4. The molecule has 0 spiro atoms. The van der Waals surface area contributed by atoms with Crippen molar-refractivity contribution in [1.29, 1.82) is 0 Å². The molecule has 0 saturated carbocycles. The number of anilines is 1. The molecule has 1 aliphatic heterocycles. The molecular weight excluding hydrogens is 524 g/mol. The van der Waals surface area contributed by atoms with Crippen molar-refractivity contribution in [3.05, 3.63) is 107 Å². The molecule has 9 heteroatoms. The number of aromatic nitrogens is 1. The molecule has 188 valence electrons. The van der Waals surface area contributed by atoms with E-state index in [1.807, 2.05) is 90.7 Å². The molecule has 2 atom stereocenters. The second kappa shape index (κ2) is 11.4. The van der Waals surface area contributed by atoms with Gasteiger partial charge in [-0.2, -0.15) is 0 Å². The van der Waals surface area contributed by atoms with Gasteiger partial charge in [-0.05, 0) is 79.8 Å². The summed E-state index contributed by atoms with van der Waals surface area (Å²) in [5, 5.41) is 8.37. The lowest BCUT2D eigenvalue weighted by Gasteiger charge is -2.25. The molecule has 5 rings (SSSR count). The highest BCUT2D eigenvalue weighted by Crippen LogP contribution is 2.41. The Kier molecular flexibility index (Phi) is 7.79. The van der Waals surface area contributed by atoms with Gasteiger partial charge in [-0.1, -0.05) is 47.1 Å². The van der Waals surface area contributed by atoms with Crippen LogP contribution in [0, 0.1) is 6.92 Å². The van der Waals surface area contributed by atoms with E-state index in [1.54, 1.807) is 6.20 Å². The topological polar surface area (TPSA) is 70.4 Å². The summed E-state index contributed by atoms with van der Waals surface area (Å²) in [5.41, 5.74) is 2.77. The lowest BCUT2D eigenvalue weighted by atomic mass is 10.0. The van der Waals surface area contributed by atoms with Gasteiger partial charge in [0.05, 0.1) is 11.7 Å². The van der Waals surface area contributed by atoms with Crippen molar-refractivity contribution in [3.63, 3.8) is 0 Å². The van der Waals surface area contributed by atoms with Gasteiger partial charge in [0.2, 0.25) is 5.91 Å². The Morgan fingerprint density at radius 1 is 1.11 bits per heavy atom. The van der Waals surface area contributed by atoms with E-state index in [0.29, 0.717) is 16.7 Å². The van der Waals surface area contributed by atoms with E-state index >= 15 is 0 Å². The second-order valence-corrected chi connectivity index (χ2v) is 10.6. The van der Waals surface area contributed by atoms with Crippen LogP contribution in [0.15, 0.2) is 99.5 Å². The number of carbonyl (C=O) groups is 1. The lowest BCUT2D eigenvalue weighted by molar-refractivity contribution is -0.116. The zero-order chi connectivity index (χ0) is 25.8. The van der Waals surface area contributed by atoms with Crippen molar-refractivity contribution in [2.45, 2.75) is 35.4 Å². The van der Waals surface area contributed by atoms with Gasteiger partial charge in [-0.3, -0.25) is 9.78 Å². The molecule has 0 unspecified atom stereocenters. The van der Waals surface area contributed by atoms with Crippen LogP contribution in [0.5, 0.6) is 0 Å². The normalized spacial score (nSPS) is 17.0. The van der Waals surface area contributed by atoms with Gasteiger partial charge in [-0.25, -0.2) is 0 Å². The number of halogens is 1. The minimum absolute atomic E-state index is 0.0786. The van der Waals surface area contributed by atoms with E-state index in [2.05, 4.69) is 15.6 Å². The van der Waals surface area contributed by atoms with Gasteiger partial charge in [0.15, 0.2) is 10.2 Å². The van der Waals surface area contributed by atoms with Gasteiger partial charge in [0.25, 0.3) is 0 Å². The third-order valence-electron chi connectivity index (χ3n) is 6.04. The van der Waals surface area contributed by atoms with E-state index in [4.69, 9.17) is 28.2 Å². The number of hydrogen-bond donors (Lipinski definition) is 2. The molecule has 1 saturated heterocycles. The van der Waals surface area contributed by atoms with Crippen LogP contribution in [-0.2, 0) is 4.79 Å². The fourth-order valence-electron chi connectivity index (χ4n) is 4.20. The first-order valence-electron chi connectivity index (χ1n) is 11.8. The maximum absolute atomic E-state index is 12.7. The summed E-state index contributed by atoms with van der Waals surface area (Å²) in [6.07, 6.45) is 2.03. The molecule has 0 bridgehead atoms. The Labute approximate surface area is 230 Å². The summed E-state index contributed by atoms with van der Waals surface area (Å²) in [4.78, 5) is 20.3. The van der Waals surface area contributed by atoms with Crippen LogP contribution in [0.3, 0.4) is 0 Å². The summed E-state index contributed by atoms with van der Waals surface area (Å²) in [7, 11) is 0. The minimum Gasteiger partial charge on any atom is -0.452 e. The molecule has 0 radical (unpaired) electrons. The van der Waals surface area contributed by atoms with E-state index in [-0.39, 0.29) is 24.4 Å². The van der Waals surface area contributed by atoms with Crippen molar-refractivity contribution in [3.8, 4) is 0 Å². The lowest BCUT2D eigenvalue weighted by Crippen LogP contribution is -2.32. The van der Waals surface area contributed by atoms with Gasteiger partial charge in [0.1, 0.15) is 11.8 Å². The Morgan fingerprint density at radius 2 is 1.89 bits per heavy atom. The van der Waals surface area contributed by atoms with Gasteiger partial charge >= 0.3 is 0 Å². The van der Waals surface area contributed by atoms with Crippen LogP contribution in [0.25, 0.3) is 0 Å². The summed E-state index contributed by atoms with van der Waals surface area (Å²) in [6.45, 7) is 2.44. The smallest absolute Gasteiger partial charge is 0.226 e. The number of aryl methyl sites for hydroxylation is 1. The maximum Gasteiger partial charge on any atom is 0.226 e. The molecule has 1 aliphatic rings. The highest BCUT2D eigenvalue weighted by atomic mass is 35.5. The standard InChI is InChI=1S/C28H25ClN4O2S2/c1-18-5-9-20(10-6-18)31-24(34)15-17-33-27(26(32-28(33)36)22-4-2-3-16-30-22)23-13-14-25(35-23)37-21-11-7-19(29)8-12-21/h2-14,16,26-27H,15,17H2,1H3,(H,31,34)(H,32,36)/t26-,27-/m0/s1. The quantitative estimate of drug-likeness (QED) is 0.235. The number of hydrogen-bond acceptors (Lipinski definition) is 5. The van der Waals surface area contributed by atoms with Crippen molar-refractivity contribution < 1.29 is 9.21 Å². The number of pyridine rings is 1. The average molecular weight is 549 g/mol. The van der Waals surface area contributed by atoms with Gasteiger partial charge < -0.3 is 20.0 Å². The number of nitrogens with one attached hydrogen (secondary N) is 2. The molecule has 1 amide bonds. The van der Waals surface area contributed by atoms with E-state index in [1.165, 1.54) is 11.8 Å². The number of thiocarbonyl (C=S) groups is 1. The zero-order valence-corrected chi connectivity index (χ0v) is 22.4. The number of amides is 1. The fraction of sp³-hybridized carbons (Fsp3) is 0.179. The monoisotopic (exact) mass is 548 g/mol.